The molecule has 0 spiro atoms. The molecule has 2 aliphatic rings. The zero-order valence-electron chi connectivity index (χ0n) is 19.3. The van der Waals surface area contributed by atoms with Crippen molar-refractivity contribution in [1.82, 2.24) is 19.8 Å². The lowest BCUT2D eigenvalue weighted by atomic mass is 10.1. The lowest BCUT2D eigenvalue weighted by Gasteiger charge is -2.25. The number of pyridine rings is 2. The molecule has 2 aromatic rings. The van der Waals surface area contributed by atoms with E-state index in [1.807, 2.05) is 17.2 Å². The molecule has 4 heterocycles. The molecule has 0 aliphatic carbocycles. The Labute approximate surface area is 210 Å². The number of aliphatic carboxylic acids is 2. The molecule has 2 saturated heterocycles. The van der Waals surface area contributed by atoms with Crippen molar-refractivity contribution in [2.24, 2.45) is 0 Å². The van der Waals surface area contributed by atoms with Crippen molar-refractivity contribution in [3.8, 4) is 0 Å². The van der Waals surface area contributed by atoms with Crippen LogP contribution in [0.1, 0.15) is 28.8 Å². The largest absolute Gasteiger partial charge is 0.490 e. The Morgan fingerprint density at radius 3 is 2.00 bits per heavy atom. The number of carbonyl (C=O) groups is 3. The van der Waals surface area contributed by atoms with Gasteiger partial charge in [-0.3, -0.25) is 14.7 Å². The summed E-state index contributed by atoms with van der Waals surface area (Å²) in [6, 6.07) is 7.42. The number of alkyl halides is 6. The van der Waals surface area contributed by atoms with Gasteiger partial charge < -0.3 is 15.1 Å². The van der Waals surface area contributed by atoms with Gasteiger partial charge in [0.15, 0.2) is 0 Å². The van der Waals surface area contributed by atoms with Crippen LogP contribution >= 0.6 is 0 Å². The smallest absolute Gasteiger partial charge is 0.475 e. The first-order valence-electron chi connectivity index (χ1n) is 10.8. The lowest BCUT2D eigenvalue weighted by Crippen LogP contribution is -2.39. The van der Waals surface area contributed by atoms with Crippen molar-refractivity contribution in [3.05, 3.63) is 59.9 Å². The van der Waals surface area contributed by atoms with E-state index < -0.39 is 30.2 Å². The van der Waals surface area contributed by atoms with Crippen LogP contribution in [0.15, 0.2) is 42.9 Å². The number of rotatable bonds is 3. The number of hydrogen-bond acceptors (Lipinski definition) is 6. The monoisotopic (exact) mass is 554 g/mol. The van der Waals surface area contributed by atoms with Gasteiger partial charge in [0, 0.05) is 61.9 Å². The van der Waals surface area contributed by atoms with Gasteiger partial charge in [-0.2, -0.15) is 30.7 Å². The summed E-state index contributed by atoms with van der Waals surface area (Å²) >= 11 is 0. The number of nitrogens with zero attached hydrogens (tertiary/aromatic N) is 4. The van der Waals surface area contributed by atoms with Crippen LogP contribution in [0.4, 0.5) is 30.7 Å². The van der Waals surface area contributed by atoms with E-state index in [1.54, 1.807) is 12.3 Å². The molecule has 0 aromatic carbocycles. The van der Waals surface area contributed by atoms with E-state index in [9.17, 15) is 35.5 Å². The highest BCUT2D eigenvalue weighted by molar-refractivity contribution is 5.94. The van der Waals surface area contributed by atoms with E-state index in [2.05, 4.69) is 20.9 Å². The summed E-state index contributed by atoms with van der Waals surface area (Å²) in [5, 5.41) is 14.2. The summed E-state index contributed by atoms with van der Waals surface area (Å²) in [7, 11) is 0. The van der Waals surface area contributed by atoms with Crippen LogP contribution in [-0.4, -0.2) is 85.4 Å². The van der Waals surface area contributed by atoms with Gasteiger partial charge >= 0.3 is 24.3 Å². The Balaban J connectivity index is 0.000000301. The normalized spacial score (nSPS) is 19.0. The molecule has 2 atom stereocenters. The molecule has 2 aromatic heterocycles. The highest BCUT2D eigenvalue weighted by atomic mass is 19.4. The van der Waals surface area contributed by atoms with Crippen molar-refractivity contribution < 1.29 is 55.3 Å². The first-order chi connectivity index (χ1) is 17.6. The van der Waals surface area contributed by atoms with Crippen molar-refractivity contribution in [1.29, 1.82) is 0 Å². The standard InChI is InChI=1S/C18H19FN4O.2C2HF3O2/c19-17-10-14(3-7-21-17)18(24)23-9-5-15-16(23)4-8-22(15)12-13-2-1-6-20-11-13;2*3-2(4,5)1(6)7/h1-3,6-7,10-11,15-16H,4-5,8-9,12H2;2*(H,6,7)/t15-,16+;;/m0../s1. The number of amides is 1. The molecule has 208 valence electrons. The van der Waals surface area contributed by atoms with Gasteiger partial charge in [-0.05, 0) is 30.5 Å². The summed E-state index contributed by atoms with van der Waals surface area (Å²) in [6.07, 6.45) is -3.22. The predicted octanol–water partition coefficient (Wildman–Crippen LogP) is 3.37. The number of fused-ring (bicyclic) bond motifs is 1. The Kier molecular flexibility index (Phi) is 10.1. The minimum atomic E-state index is -5.08. The molecule has 1 amide bonds. The summed E-state index contributed by atoms with van der Waals surface area (Å²) in [5.41, 5.74) is 1.58. The predicted molar refractivity (Wildman–Crippen MR) is 114 cm³/mol. The molecule has 2 N–H and O–H groups in total. The lowest BCUT2D eigenvalue weighted by molar-refractivity contribution is -0.193. The molecule has 0 radical (unpaired) electrons. The molecule has 2 aliphatic heterocycles. The summed E-state index contributed by atoms with van der Waals surface area (Å²) < 4.78 is 76.8. The van der Waals surface area contributed by atoms with Crippen LogP contribution in [0.2, 0.25) is 0 Å². The third-order valence-corrected chi connectivity index (χ3v) is 5.52. The summed E-state index contributed by atoms with van der Waals surface area (Å²) in [4.78, 5) is 42.5. The highest BCUT2D eigenvalue weighted by Gasteiger charge is 2.44. The fraction of sp³-hybridized carbons (Fsp3) is 0.409. The van der Waals surface area contributed by atoms with Gasteiger partial charge in [-0.25, -0.2) is 14.6 Å². The van der Waals surface area contributed by atoms with E-state index in [-0.39, 0.29) is 11.9 Å². The Morgan fingerprint density at radius 2 is 1.50 bits per heavy atom. The van der Waals surface area contributed by atoms with E-state index in [0.29, 0.717) is 11.6 Å². The molecular weight excluding hydrogens is 533 g/mol. The average Bonchev–Trinajstić information content (AvgIpc) is 3.42. The van der Waals surface area contributed by atoms with Crippen molar-refractivity contribution >= 4 is 17.8 Å². The van der Waals surface area contributed by atoms with Gasteiger partial charge in [0.1, 0.15) is 0 Å². The van der Waals surface area contributed by atoms with Crippen molar-refractivity contribution in [2.45, 2.75) is 43.8 Å². The molecule has 0 saturated carbocycles. The number of halogens is 7. The fourth-order valence-electron chi connectivity index (χ4n) is 3.95. The quantitative estimate of drug-likeness (QED) is 0.438. The van der Waals surface area contributed by atoms with Crippen LogP contribution in [0, 0.1) is 5.95 Å². The van der Waals surface area contributed by atoms with E-state index in [1.165, 1.54) is 17.8 Å². The van der Waals surface area contributed by atoms with Crippen LogP contribution in [0.25, 0.3) is 0 Å². The second kappa shape index (κ2) is 12.6. The van der Waals surface area contributed by atoms with Crippen LogP contribution in [0.3, 0.4) is 0 Å². The zero-order valence-corrected chi connectivity index (χ0v) is 19.3. The third-order valence-electron chi connectivity index (χ3n) is 5.52. The molecule has 16 heteroatoms. The maximum atomic E-state index is 13.3. The zero-order chi connectivity index (χ0) is 28.7. The van der Waals surface area contributed by atoms with Crippen LogP contribution in [-0.2, 0) is 16.1 Å². The molecule has 9 nitrogen and oxygen atoms in total. The second-order valence-corrected chi connectivity index (χ2v) is 8.02. The van der Waals surface area contributed by atoms with E-state index in [0.717, 1.165) is 32.5 Å². The molecule has 0 unspecified atom stereocenters. The number of likely N-dealkylation sites (tertiary alicyclic amines) is 2. The Bertz CT molecular complexity index is 1090. The maximum Gasteiger partial charge on any atom is 0.490 e. The van der Waals surface area contributed by atoms with Crippen molar-refractivity contribution in [2.75, 3.05) is 13.1 Å². The van der Waals surface area contributed by atoms with Crippen LogP contribution in [0.5, 0.6) is 0 Å². The van der Waals surface area contributed by atoms with Gasteiger partial charge in [-0.15, -0.1) is 0 Å². The average molecular weight is 554 g/mol. The molecule has 4 rings (SSSR count). The minimum Gasteiger partial charge on any atom is -0.475 e. The van der Waals surface area contributed by atoms with E-state index >= 15 is 0 Å². The fourth-order valence-corrected chi connectivity index (χ4v) is 3.95. The second-order valence-electron chi connectivity index (χ2n) is 8.02. The SMILES string of the molecule is O=C(O)C(F)(F)F.O=C(O)C(F)(F)F.O=C(c1ccnc(F)c1)N1CC[C@H]2[C@H]1CCN2Cc1cccnc1. The number of carbonyl (C=O) groups excluding carboxylic acids is 1. The molecule has 0 bridgehead atoms. The van der Waals surface area contributed by atoms with Gasteiger partial charge in [0.25, 0.3) is 5.91 Å². The van der Waals surface area contributed by atoms with Crippen molar-refractivity contribution in [3.63, 3.8) is 0 Å². The first-order valence-corrected chi connectivity index (χ1v) is 10.8. The van der Waals surface area contributed by atoms with Gasteiger partial charge in [-0.1, -0.05) is 6.07 Å². The minimum absolute atomic E-state index is 0.0907. The number of carboxylic acids is 2. The molecular formula is C22H21F7N4O5. The molecule has 38 heavy (non-hydrogen) atoms. The summed E-state index contributed by atoms with van der Waals surface area (Å²) in [6.45, 7) is 2.56. The van der Waals surface area contributed by atoms with E-state index in [4.69, 9.17) is 19.8 Å². The number of carboxylic acid groups (broad SMARTS) is 2. The van der Waals surface area contributed by atoms with Crippen LogP contribution < -0.4 is 0 Å². The highest BCUT2D eigenvalue weighted by Crippen LogP contribution is 2.33. The Hall–Kier alpha value is -3.82. The number of hydrogen-bond donors (Lipinski definition) is 2. The molecule has 2 fully saturated rings. The first kappa shape index (κ1) is 30.4. The Morgan fingerprint density at radius 1 is 0.921 bits per heavy atom. The maximum absolute atomic E-state index is 13.3. The summed E-state index contributed by atoms with van der Waals surface area (Å²) in [5.74, 6) is -6.21. The third kappa shape index (κ3) is 8.64. The number of aromatic nitrogens is 2. The topological polar surface area (TPSA) is 124 Å². The van der Waals surface area contributed by atoms with Gasteiger partial charge in [0.2, 0.25) is 5.95 Å². The van der Waals surface area contributed by atoms with Gasteiger partial charge in [0.05, 0.1) is 0 Å².